The van der Waals surface area contributed by atoms with Gasteiger partial charge in [-0.15, -0.1) is 0 Å². The molecular weight excluding hydrogens is 336 g/mol. The summed E-state index contributed by atoms with van der Waals surface area (Å²) >= 11 is 0. The molecule has 0 atom stereocenters. The molecule has 0 aliphatic heterocycles. The van der Waals surface area contributed by atoms with Crippen LogP contribution >= 0.6 is 0 Å². The van der Waals surface area contributed by atoms with Crippen molar-refractivity contribution in [1.82, 2.24) is 4.98 Å². The summed E-state index contributed by atoms with van der Waals surface area (Å²) in [7, 11) is 0. The molecule has 2 heterocycles. The number of rotatable bonds is 4. The number of hydrogen-bond donors (Lipinski definition) is 0. The molecule has 0 saturated carbocycles. The number of pyridine rings is 1. The molecule has 2 aromatic carbocycles. The second-order valence-corrected chi connectivity index (χ2v) is 6.25. The van der Waals surface area contributed by atoms with Crippen molar-refractivity contribution in [2.45, 2.75) is 13.8 Å². The van der Waals surface area contributed by atoms with Gasteiger partial charge in [-0.1, -0.05) is 35.9 Å². The molecule has 0 amide bonds. The zero-order valence-electron chi connectivity index (χ0n) is 15.3. The molecule has 0 aliphatic rings. The molecule has 0 aliphatic carbocycles. The number of nitrogens with zero attached hydrogens (tertiary/aromatic N) is 2. The van der Waals surface area contributed by atoms with E-state index in [0.29, 0.717) is 12.4 Å². The van der Waals surface area contributed by atoms with Gasteiger partial charge in [0.25, 0.3) is 0 Å². The first kappa shape index (κ1) is 17.0. The SMILES string of the molecule is CCOc1ccc2oc(-c3ccc(C)cc3)cc(=Nc3ccccn3)c2c1. The number of fused-ring (bicyclic) bond motifs is 1. The van der Waals surface area contributed by atoms with Gasteiger partial charge >= 0.3 is 0 Å². The van der Waals surface area contributed by atoms with E-state index in [4.69, 9.17) is 14.1 Å². The molecule has 4 aromatic rings. The Labute approximate surface area is 157 Å². The van der Waals surface area contributed by atoms with Crippen LogP contribution in [0, 0.1) is 6.92 Å². The van der Waals surface area contributed by atoms with Gasteiger partial charge in [0.05, 0.1) is 12.0 Å². The van der Waals surface area contributed by atoms with E-state index in [1.807, 2.05) is 49.4 Å². The van der Waals surface area contributed by atoms with Crippen LogP contribution in [0.15, 0.2) is 82.3 Å². The van der Waals surface area contributed by atoms with E-state index in [1.165, 1.54) is 5.56 Å². The molecule has 0 radical (unpaired) electrons. The van der Waals surface area contributed by atoms with Crippen LogP contribution in [0.25, 0.3) is 22.3 Å². The predicted molar refractivity (Wildman–Crippen MR) is 107 cm³/mol. The van der Waals surface area contributed by atoms with Gasteiger partial charge in [0.15, 0.2) is 5.82 Å². The van der Waals surface area contributed by atoms with Crippen molar-refractivity contribution in [3.8, 4) is 17.1 Å². The predicted octanol–water partition coefficient (Wildman–Crippen LogP) is 5.43. The Balaban J connectivity index is 1.96. The number of hydrogen-bond acceptors (Lipinski definition) is 4. The molecule has 0 unspecified atom stereocenters. The normalized spacial score (nSPS) is 11.7. The Kier molecular flexibility index (Phi) is 4.71. The first-order valence-electron chi connectivity index (χ1n) is 8.96. The minimum Gasteiger partial charge on any atom is -0.494 e. The maximum absolute atomic E-state index is 6.16. The first-order valence-corrected chi connectivity index (χ1v) is 8.96. The topological polar surface area (TPSA) is 47.6 Å². The Morgan fingerprint density at radius 1 is 1.00 bits per heavy atom. The summed E-state index contributed by atoms with van der Waals surface area (Å²) in [5.74, 6) is 2.21. The summed E-state index contributed by atoms with van der Waals surface area (Å²) in [6.07, 6.45) is 1.74. The quantitative estimate of drug-likeness (QED) is 0.489. The van der Waals surface area contributed by atoms with Gasteiger partial charge in [-0.25, -0.2) is 9.98 Å². The zero-order valence-corrected chi connectivity index (χ0v) is 15.3. The molecule has 4 nitrogen and oxygen atoms in total. The Bertz CT molecular complexity index is 1130. The molecule has 0 bridgehead atoms. The van der Waals surface area contributed by atoms with Crippen molar-refractivity contribution in [2.75, 3.05) is 6.61 Å². The molecule has 2 aromatic heterocycles. The molecule has 0 fully saturated rings. The van der Waals surface area contributed by atoms with Crippen LogP contribution in [0.2, 0.25) is 0 Å². The highest BCUT2D eigenvalue weighted by Gasteiger charge is 2.08. The lowest BCUT2D eigenvalue weighted by Crippen LogP contribution is -2.04. The Hall–Kier alpha value is -3.40. The minimum atomic E-state index is 0.608. The fourth-order valence-electron chi connectivity index (χ4n) is 2.90. The van der Waals surface area contributed by atoms with Crippen LogP contribution in [-0.4, -0.2) is 11.6 Å². The molecule has 0 spiro atoms. The van der Waals surface area contributed by atoms with Crippen LogP contribution in [-0.2, 0) is 0 Å². The third kappa shape index (κ3) is 3.75. The maximum Gasteiger partial charge on any atom is 0.152 e. The lowest BCUT2D eigenvalue weighted by atomic mass is 10.1. The second kappa shape index (κ2) is 7.46. The van der Waals surface area contributed by atoms with Crippen molar-refractivity contribution in [3.63, 3.8) is 0 Å². The number of aromatic nitrogens is 1. The smallest absolute Gasteiger partial charge is 0.152 e. The van der Waals surface area contributed by atoms with Crippen molar-refractivity contribution >= 4 is 16.8 Å². The first-order chi connectivity index (χ1) is 13.2. The summed E-state index contributed by atoms with van der Waals surface area (Å²) in [6, 6.07) is 21.7. The molecule has 4 heteroatoms. The zero-order chi connectivity index (χ0) is 18.6. The summed E-state index contributed by atoms with van der Waals surface area (Å²) in [4.78, 5) is 9.07. The highest BCUT2D eigenvalue weighted by atomic mass is 16.5. The number of aryl methyl sites for hydroxylation is 1. The molecule has 4 rings (SSSR count). The van der Waals surface area contributed by atoms with Crippen molar-refractivity contribution in [1.29, 1.82) is 0 Å². The minimum absolute atomic E-state index is 0.608. The highest BCUT2D eigenvalue weighted by molar-refractivity contribution is 5.80. The lowest BCUT2D eigenvalue weighted by Gasteiger charge is -2.08. The van der Waals surface area contributed by atoms with E-state index in [2.05, 4.69) is 36.2 Å². The molecule has 0 saturated heterocycles. The third-order valence-electron chi connectivity index (χ3n) is 4.25. The highest BCUT2D eigenvalue weighted by Crippen LogP contribution is 2.25. The van der Waals surface area contributed by atoms with E-state index < -0.39 is 0 Å². The summed E-state index contributed by atoms with van der Waals surface area (Å²) in [6.45, 7) is 4.64. The van der Waals surface area contributed by atoms with Crippen LogP contribution in [0.4, 0.5) is 5.82 Å². The third-order valence-corrected chi connectivity index (χ3v) is 4.25. The van der Waals surface area contributed by atoms with Gasteiger partial charge in [-0.3, -0.25) is 0 Å². The standard InChI is InChI=1S/C23H20N2O2/c1-3-26-18-11-12-21-19(14-18)20(25-23-6-4-5-13-24-23)15-22(27-21)17-9-7-16(2)8-10-17/h4-15H,3H2,1-2H3. The maximum atomic E-state index is 6.16. The molecule has 0 N–H and O–H groups in total. The van der Waals surface area contributed by atoms with Gasteiger partial charge < -0.3 is 9.15 Å². The second-order valence-electron chi connectivity index (χ2n) is 6.25. The Morgan fingerprint density at radius 2 is 1.85 bits per heavy atom. The van der Waals surface area contributed by atoms with Gasteiger partial charge in [-0.2, -0.15) is 0 Å². The average molecular weight is 356 g/mol. The van der Waals surface area contributed by atoms with E-state index in [-0.39, 0.29) is 0 Å². The van der Waals surface area contributed by atoms with Gasteiger partial charge in [0, 0.05) is 23.2 Å². The van der Waals surface area contributed by atoms with Crippen LogP contribution in [0.3, 0.4) is 0 Å². The fourth-order valence-corrected chi connectivity index (χ4v) is 2.90. The van der Waals surface area contributed by atoms with E-state index in [0.717, 1.165) is 33.4 Å². The monoisotopic (exact) mass is 356 g/mol. The van der Waals surface area contributed by atoms with Crippen molar-refractivity contribution in [2.24, 2.45) is 4.99 Å². The van der Waals surface area contributed by atoms with Crippen LogP contribution in [0.1, 0.15) is 12.5 Å². The summed E-state index contributed by atoms with van der Waals surface area (Å²) in [5.41, 5.74) is 2.97. The lowest BCUT2D eigenvalue weighted by molar-refractivity contribution is 0.340. The fraction of sp³-hybridized carbons (Fsp3) is 0.130. The van der Waals surface area contributed by atoms with Crippen LogP contribution in [0.5, 0.6) is 5.75 Å². The molecule has 134 valence electrons. The molecule has 27 heavy (non-hydrogen) atoms. The van der Waals surface area contributed by atoms with Gasteiger partial charge in [-0.05, 0) is 44.2 Å². The van der Waals surface area contributed by atoms with Gasteiger partial charge in [0.2, 0.25) is 0 Å². The molecular formula is C23H20N2O2. The van der Waals surface area contributed by atoms with E-state index in [9.17, 15) is 0 Å². The van der Waals surface area contributed by atoms with Crippen molar-refractivity contribution < 1.29 is 9.15 Å². The Morgan fingerprint density at radius 3 is 2.59 bits per heavy atom. The largest absolute Gasteiger partial charge is 0.494 e. The van der Waals surface area contributed by atoms with Crippen molar-refractivity contribution in [3.05, 3.63) is 83.8 Å². The average Bonchev–Trinajstić information content (AvgIpc) is 2.70. The van der Waals surface area contributed by atoms with E-state index in [1.54, 1.807) is 6.20 Å². The van der Waals surface area contributed by atoms with Gasteiger partial charge in [0.1, 0.15) is 17.1 Å². The summed E-state index contributed by atoms with van der Waals surface area (Å²) < 4.78 is 11.8. The van der Waals surface area contributed by atoms with Crippen LogP contribution < -0.4 is 10.1 Å². The number of benzene rings is 2. The number of ether oxygens (including phenoxy) is 1. The van der Waals surface area contributed by atoms with E-state index >= 15 is 0 Å². The summed E-state index contributed by atoms with van der Waals surface area (Å²) in [5, 5.41) is 1.69.